The Kier molecular flexibility index (Phi) is 7.19. The second kappa shape index (κ2) is 9.41. The molecular formula is C20H16ClF3N2O4. The standard InChI is InChI=1S/C20H16ClF3N2O4/c1-28-16-7-11(8-17(29-2)18(16)30-3)6-12(10-25)19(27)26-13-4-5-14(15(21)9-13)20(22,23)24/h4-9H,1-3H3,(H,26,27)/b12-6+. The van der Waals surface area contributed by atoms with E-state index in [1.54, 1.807) is 6.07 Å². The molecule has 0 atom stereocenters. The van der Waals surface area contributed by atoms with Crippen LogP contribution in [0, 0.1) is 11.3 Å². The van der Waals surface area contributed by atoms with Crippen LogP contribution in [0.5, 0.6) is 17.2 Å². The summed E-state index contributed by atoms with van der Waals surface area (Å²) < 4.78 is 54.0. The van der Waals surface area contributed by atoms with Gasteiger partial charge in [-0.15, -0.1) is 0 Å². The van der Waals surface area contributed by atoms with E-state index in [4.69, 9.17) is 25.8 Å². The van der Waals surface area contributed by atoms with Crippen molar-refractivity contribution in [2.45, 2.75) is 6.18 Å². The summed E-state index contributed by atoms with van der Waals surface area (Å²) in [5.74, 6) is 0.132. The average molecular weight is 441 g/mol. The third-order valence-electron chi connectivity index (χ3n) is 3.90. The van der Waals surface area contributed by atoms with Crippen molar-refractivity contribution in [1.29, 1.82) is 5.26 Å². The summed E-state index contributed by atoms with van der Waals surface area (Å²) in [4.78, 5) is 12.4. The molecule has 0 spiro atoms. The van der Waals surface area contributed by atoms with Crippen molar-refractivity contribution >= 4 is 29.3 Å². The number of rotatable bonds is 6. The van der Waals surface area contributed by atoms with E-state index < -0.39 is 22.7 Å². The summed E-state index contributed by atoms with van der Waals surface area (Å²) in [6.07, 6.45) is -3.35. The number of benzene rings is 2. The van der Waals surface area contributed by atoms with Crippen LogP contribution < -0.4 is 19.5 Å². The van der Waals surface area contributed by atoms with Crippen LogP contribution in [-0.2, 0) is 11.0 Å². The minimum Gasteiger partial charge on any atom is -0.493 e. The number of carbonyl (C=O) groups excluding carboxylic acids is 1. The second-order valence-electron chi connectivity index (χ2n) is 5.77. The number of nitriles is 1. The number of nitrogens with one attached hydrogen (secondary N) is 1. The lowest BCUT2D eigenvalue weighted by atomic mass is 10.1. The third-order valence-corrected chi connectivity index (χ3v) is 4.21. The molecule has 2 aromatic carbocycles. The lowest BCUT2D eigenvalue weighted by molar-refractivity contribution is -0.137. The Bertz CT molecular complexity index is 1000. The molecule has 2 aromatic rings. The molecule has 158 valence electrons. The maximum Gasteiger partial charge on any atom is 0.417 e. The van der Waals surface area contributed by atoms with Crippen molar-refractivity contribution in [2.75, 3.05) is 26.6 Å². The summed E-state index contributed by atoms with van der Waals surface area (Å²) in [5, 5.41) is 11.1. The SMILES string of the molecule is COc1cc(/C=C(\C#N)C(=O)Nc2ccc(C(F)(F)F)c(Cl)c2)cc(OC)c1OC. The highest BCUT2D eigenvalue weighted by molar-refractivity contribution is 6.31. The molecule has 0 heterocycles. The Balaban J connectivity index is 2.34. The predicted octanol–water partition coefficient (Wildman–Crippen LogP) is 4.93. The van der Waals surface area contributed by atoms with Crippen molar-refractivity contribution in [3.8, 4) is 23.3 Å². The molecule has 0 saturated carbocycles. The summed E-state index contributed by atoms with van der Waals surface area (Å²) in [5.41, 5.74) is -0.929. The van der Waals surface area contributed by atoms with Crippen molar-refractivity contribution in [3.63, 3.8) is 0 Å². The average Bonchev–Trinajstić information content (AvgIpc) is 2.69. The number of hydrogen-bond donors (Lipinski definition) is 1. The van der Waals surface area contributed by atoms with E-state index in [2.05, 4.69) is 5.32 Å². The normalized spacial score (nSPS) is 11.5. The van der Waals surface area contributed by atoms with Crippen LogP contribution in [0.3, 0.4) is 0 Å². The van der Waals surface area contributed by atoms with Crippen LogP contribution >= 0.6 is 11.6 Å². The summed E-state index contributed by atoms with van der Waals surface area (Å²) in [6, 6.07) is 7.55. The monoisotopic (exact) mass is 440 g/mol. The molecule has 0 radical (unpaired) electrons. The van der Waals surface area contributed by atoms with E-state index in [0.717, 1.165) is 18.2 Å². The zero-order chi connectivity index (χ0) is 22.5. The summed E-state index contributed by atoms with van der Waals surface area (Å²) >= 11 is 5.65. The van der Waals surface area contributed by atoms with E-state index in [-0.39, 0.29) is 11.3 Å². The number of carbonyl (C=O) groups is 1. The predicted molar refractivity (Wildman–Crippen MR) is 105 cm³/mol. The Labute approximate surface area is 175 Å². The van der Waals surface area contributed by atoms with Gasteiger partial charge in [-0.25, -0.2) is 0 Å². The fraction of sp³-hybridized carbons (Fsp3) is 0.200. The number of alkyl halides is 3. The van der Waals surface area contributed by atoms with Gasteiger partial charge in [-0.05, 0) is 42.0 Å². The van der Waals surface area contributed by atoms with Gasteiger partial charge in [-0.1, -0.05) is 11.6 Å². The molecule has 0 fully saturated rings. The van der Waals surface area contributed by atoms with Crippen molar-refractivity contribution in [2.24, 2.45) is 0 Å². The molecule has 1 amide bonds. The molecule has 10 heteroatoms. The Hall–Kier alpha value is -3.38. The van der Waals surface area contributed by atoms with Gasteiger partial charge in [0.05, 0.1) is 31.9 Å². The van der Waals surface area contributed by atoms with Crippen molar-refractivity contribution in [3.05, 3.63) is 52.1 Å². The van der Waals surface area contributed by atoms with Gasteiger partial charge < -0.3 is 19.5 Å². The summed E-state index contributed by atoms with van der Waals surface area (Å²) in [6.45, 7) is 0. The second-order valence-corrected chi connectivity index (χ2v) is 6.18. The molecule has 2 rings (SSSR count). The Morgan fingerprint density at radius 3 is 2.13 bits per heavy atom. The number of hydrogen-bond acceptors (Lipinski definition) is 5. The maximum absolute atomic E-state index is 12.8. The zero-order valence-electron chi connectivity index (χ0n) is 16.1. The third kappa shape index (κ3) is 5.15. The number of ether oxygens (including phenoxy) is 3. The van der Waals surface area contributed by atoms with Gasteiger partial charge >= 0.3 is 6.18 Å². The fourth-order valence-electron chi connectivity index (χ4n) is 2.52. The smallest absolute Gasteiger partial charge is 0.417 e. The summed E-state index contributed by atoms with van der Waals surface area (Å²) in [7, 11) is 4.26. The largest absolute Gasteiger partial charge is 0.493 e. The van der Waals surface area contributed by atoms with E-state index in [9.17, 15) is 23.2 Å². The lowest BCUT2D eigenvalue weighted by Gasteiger charge is -2.13. The first-order chi connectivity index (χ1) is 14.1. The molecule has 1 N–H and O–H groups in total. The van der Waals surface area contributed by atoms with Gasteiger partial charge in [0.1, 0.15) is 11.6 Å². The first-order valence-electron chi connectivity index (χ1n) is 8.24. The van der Waals surface area contributed by atoms with Gasteiger partial charge in [0.25, 0.3) is 5.91 Å². The number of nitrogens with zero attached hydrogens (tertiary/aromatic N) is 1. The zero-order valence-corrected chi connectivity index (χ0v) is 16.8. The molecule has 0 saturated heterocycles. The van der Waals surface area contributed by atoms with Gasteiger partial charge in [0.15, 0.2) is 11.5 Å². The number of anilines is 1. The van der Waals surface area contributed by atoms with E-state index in [1.165, 1.54) is 39.5 Å². The van der Waals surface area contributed by atoms with Crippen LogP contribution in [0.1, 0.15) is 11.1 Å². The molecule has 30 heavy (non-hydrogen) atoms. The highest BCUT2D eigenvalue weighted by atomic mass is 35.5. The van der Waals surface area contributed by atoms with Crippen LogP contribution in [0.15, 0.2) is 35.9 Å². The quantitative estimate of drug-likeness (QED) is 0.509. The van der Waals surface area contributed by atoms with Gasteiger partial charge in [0.2, 0.25) is 5.75 Å². The first kappa shape index (κ1) is 22.9. The van der Waals surface area contributed by atoms with Crippen LogP contribution in [0.4, 0.5) is 18.9 Å². The minimum absolute atomic E-state index is 0.00374. The number of halogens is 4. The number of methoxy groups -OCH3 is 3. The van der Waals surface area contributed by atoms with Crippen molar-refractivity contribution < 1.29 is 32.2 Å². The van der Waals surface area contributed by atoms with E-state index >= 15 is 0 Å². The molecular weight excluding hydrogens is 425 g/mol. The van der Waals surface area contributed by atoms with Gasteiger partial charge in [-0.2, -0.15) is 18.4 Å². The topological polar surface area (TPSA) is 80.6 Å². The van der Waals surface area contributed by atoms with Crippen molar-refractivity contribution in [1.82, 2.24) is 0 Å². The molecule has 0 aliphatic heterocycles. The molecule has 0 bridgehead atoms. The van der Waals surface area contributed by atoms with E-state index in [0.29, 0.717) is 22.8 Å². The van der Waals surface area contributed by atoms with Crippen LogP contribution in [0.2, 0.25) is 5.02 Å². The Morgan fingerprint density at radius 1 is 1.10 bits per heavy atom. The van der Waals surface area contributed by atoms with E-state index in [1.807, 2.05) is 0 Å². The molecule has 0 aromatic heterocycles. The van der Waals surface area contributed by atoms with Gasteiger partial charge in [-0.3, -0.25) is 4.79 Å². The Morgan fingerprint density at radius 2 is 1.70 bits per heavy atom. The van der Waals surface area contributed by atoms with Crippen LogP contribution in [-0.4, -0.2) is 27.2 Å². The fourth-order valence-corrected chi connectivity index (χ4v) is 2.81. The number of amides is 1. The molecule has 0 aliphatic carbocycles. The molecule has 0 unspecified atom stereocenters. The maximum atomic E-state index is 12.8. The molecule has 6 nitrogen and oxygen atoms in total. The molecule has 0 aliphatic rings. The highest BCUT2D eigenvalue weighted by Gasteiger charge is 2.33. The van der Waals surface area contributed by atoms with Gasteiger partial charge in [0, 0.05) is 5.69 Å². The lowest BCUT2D eigenvalue weighted by Crippen LogP contribution is -2.14. The minimum atomic E-state index is -4.62. The highest BCUT2D eigenvalue weighted by Crippen LogP contribution is 2.39. The first-order valence-corrected chi connectivity index (χ1v) is 8.62. The van der Waals surface area contributed by atoms with Crippen LogP contribution in [0.25, 0.3) is 6.08 Å².